The lowest BCUT2D eigenvalue weighted by molar-refractivity contribution is -0.122. The van der Waals surface area contributed by atoms with Gasteiger partial charge in [0.1, 0.15) is 0 Å². The number of nitrogens with one attached hydrogen (secondary N) is 1. The maximum atomic E-state index is 12.7. The second-order valence-corrected chi connectivity index (χ2v) is 8.69. The van der Waals surface area contributed by atoms with E-state index in [1.165, 1.54) is 11.1 Å². The monoisotopic (exact) mass is 418 g/mol. The van der Waals surface area contributed by atoms with Crippen molar-refractivity contribution in [1.29, 1.82) is 0 Å². The molecule has 4 rings (SSSR count). The van der Waals surface area contributed by atoms with Gasteiger partial charge in [0.15, 0.2) is 0 Å². The van der Waals surface area contributed by atoms with Crippen LogP contribution in [-0.2, 0) is 17.9 Å². The number of hydrogen-bond acceptors (Lipinski definition) is 2. The number of carbonyl (C=O) groups excluding carboxylic acids is 1. The van der Waals surface area contributed by atoms with Gasteiger partial charge >= 0.3 is 0 Å². The average Bonchev–Trinajstić information content (AvgIpc) is 3.53. The van der Waals surface area contributed by atoms with Crippen molar-refractivity contribution in [1.82, 2.24) is 10.2 Å². The van der Waals surface area contributed by atoms with E-state index in [1.807, 2.05) is 36.4 Å². The predicted molar refractivity (Wildman–Crippen MR) is 123 cm³/mol. The number of nitrogens with zero attached hydrogens (tertiary/aromatic N) is 1. The highest BCUT2D eigenvalue weighted by Gasteiger charge is 2.44. The van der Waals surface area contributed by atoms with Crippen LogP contribution in [-0.4, -0.2) is 24.9 Å². The topological polar surface area (TPSA) is 32.3 Å². The van der Waals surface area contributed by atoms with E-state index in [1.54, 1.807) is 0 Å². The van der Waals surface area contributed by atoms with Crippen LogP contribution in [0.3, 0.4) is 0 Å². The van der Waals surface area contributed by atoms with Crippen LogP contribution in [0.2, 0.25) is 5.02 Å². The van der Waals surface area contributed by atoms with Crippen LogP contribution < -0.4 is 5.32 Å². The molecule has 1 saturated carbocycles. The summed E-state index contributed by atoms with van der Waals surface area (Å²) in [5.41, 5.74) is 5.82. The van der Waals surface area contributed by atoms with E-state index in [4.69, 9.17) is 11.6 Å². The molecule has 1 N–H and O–H groups in total. The normalized spacial score (nSPS) is 17.7. The van der Waals surface area contributed by atoms with E-state index >= 15 is 0 Å². The molecule has 2 unspecified atom stereocenters. The first kappa shape index (κ1) is 20.6. The maximum absolute atomic E-state index is 12.7. The van der Waals surface area contributed by atoms with Crippen molar-refractivity contribution in [3.05, 3.63) is 94.5 Å². The van der Waals surface area contributed by atoms with Crippen molar-refractivity contribution in [2.24, 2.45) is 5.92 Å². The lowest BCUT2D eigenvalue weighted by atomic mass is 9.98. The third kappa shape index (κ3) is 4.75. The van der Waals surface area contributed by atoms with Crippen molar-refractivity contribution in [2.75, 3.05) is 14.1 Å². The highest BCUT2D eigenvalue weighted by atomic mass is 35.5. The van der Waals surface area contributed by atoms with Gasteiger partial charge in [0.2, 0.25) is 5.91 Å². The van der Waals surface area contributed by atoms with Crippen LogP contribution in [0.1, 0.15) is 29.0 Å². The fourth-order valence-electron chi connectivity index (χ4n) is 4.03. The Labute approximate surface area is 183 Å². The lowest BCUT2D eigenvalue weighted by Crippen LogP contribution is -2.25. The minimum Gasteiger partial charge on any atom is -0.352 e. The zero-order valence-corrected chi connectivity index (χ0v) is 18.2. The summed E-state index contributed by atoms with van der Waals surface area (Å²) in [6, 6.07) is 24.8. The molecule has 1 aliphatic rings. The Balaban J connectivity index is 1.41. The smallest absolute Gasteiger partial charge is 0.224 e. The van der Waals surface area contributed by atoms with Gasteiger partial charge in [-0.15, -0.1) is 0 Å². The summed E-state index contributed by atoms with van der Waals surface area (Å²) in [5, 5.41) is 3.89. The molecule has 3 aromatic carbocycles. The molecule has 1 fully saturated rings. The molecule has 30 heavy (non-hydrogen) atoms. The summed E-state index contributed by atoms with van der Waals surface area (Å²) in [6.45, 7) is 1.45. The molecule has 3 nitrogen and oxygen atoms in total. The first-order chi connectivity index (χ1) is 14.5. The Morgan fingerprint density at radius 2 is 1.70 bits per heavy atom. The van der Waals surface area contributed by atoms with Crippen LogP contribution >= 0.6 is 11.6 Å². The number of hydrogen-bond donors (Lipinski definition) is 1. The molecule has 0 aliphatic heterocycles. The standard InChI is InChI=1S/C26H27ClN2O/c1-29(2)17-18-11-13-19(14-12-18)21-8-4-3-7-20(21)16-28-26(30)24-15-23(24)22-9-5-6-10-25(22)27/h3-14,23-24H,15-17H2,1-2H3,(H,28,30). The first-order valence-corrected chi connectivity index (χ1v) is 10.7. The van der Waals surface area contributed by atoms with Gasteiger partial charge in [-0.1, -0.05) is 78.3 Å². The van der Waals surface area contributed by atoms with Crippen molar-refractivity contribution in [3.8, 4) is 11.1 Å². The molecule has 0 radical (unpaired) electrons. The summed E-state index contributed by atoms with van der Waals surface area (Å²) in [7, 11) is 4.14. The van der Waals surface area contributed by atoms with E-state index in [-0.39, 0.29) is 17.7 Å². The number of halogens is 1. The Kier molecular flexibility index (Phi) is 6.21. The first-order valence-electron chi connectivity index (χ1n) is 10.4. The fourth-order valence-corrected chi connectivity index (χ4v) is 4.30. The van der Waals surface area contributed by atoms with E-state index in [0.29, 0.717) is 6.54 Å². The quantitative estimate of drug-likeness (QED) is 0.550. The molecule has 0 aromatic heterocycles. The van der Waals surface area contributed by atoms with Gasteiger partial charge in [-0.2, -0.15) is 0 Å². The molecule has 0 spiro atoms. The highest BCUT2D eigenvalue weighted by molar-refractivity contribution is 6.31. The highest BCUT2D eigenvalue weighted by Crippen LogP contribution is 2.49. The van der Waals surface area contributed by atoms with Gasteiger partial charge in [0, 0.05) is 24.0 Å². The van der Waals surface area contributed by atoms with Gasteiger partial charge in [-0.05, 0) is 60.3 Å². The van der Waals surface area contributed by atoms with Crippen LogP contribution in [0.5, 0.6) is 0 Å². The molecular formula is C26H27ClN2O. The molecule has 1 aliphatic carbocycles. The molecule has 3 aromatic rings. The zero-order chi connectivity index (χ0) is 21.1. The zero-order valence-electron chi connectivity index (χ0n) is 17.4. The van der Waals surface area contributed by atoms with Crippen molar-refractivity contribution >= 4 is 17.5 Å². The van der Waals surface area contributed by atoms with Crippen molar-refractivity contribution < 1.29 is 4.79 Å². The summed E-state index contributed by atoms with van der Waals surface area (Å²) in [6.07, 6.45) is 0.866. The minimum atomic E-state index is 0.0161. The summed E-state index contributed by atoms with van der Waals surface area (Å²) in [5.74, 6) is 0.358. The van der Waals surface area contributed by atoms with Crippen LogP contribution in [0.25, 0.3) is 11.1 Å². The Bertz CT molecular complexity index is 1030. The van der Waals surface area contributed by atoms with Crippen molar-refractivity contribution in [2.45, 2.75) is 25.4 Å². The number of carbonyl (C=O) groups is 1. The molecule has 0 heterocycles. The molecule has 4 heteroatoms. The maximum Gasteiger partial charge on any atom is 0.224 e. The summed E-state index contributed by atoms with van der Waals surface area (Å²) < 4.78 is 0. The molecule has 2 atom stereocenters. The second kappa shape index (κ2) is 9.03. The van der Waals surface area contributed by atoms with E-state index in [2.05, 4.69) is 60.7 Å². The third-order valence-corrected chi connectivity index (χ3v) is 6.01. The predicted octanol–water partition coefficient (Wildman–Crippen LogP) is 5.49. The van der Waals surface area contributed by atoms with Gasteiger partial charge in [0.05, 0.1) is 0 Å². The molecular weight excluding hydrogens is 392 g/mol. The molecule has 1 amide bonds. The minimum absolute atomic E-state index is 0.0161. The number of rotatable bonds is 7. The molecule has 0 saturated heterocycles. The summed E-state index contributed by atoms with van der Waals surface area (Å²) in [4.78, 5) is 14.9. The van der Waals surface area contributed by atoms with Crippen LogP contribution in [0.15, 0.2) is 72.8 Å². The number of benzene rings is 3. The van der Waals surface area contributed by atoms with Gasteiger partial charge in [0.25, 0.3) is 0 Å². The fraction of sp³-hybridized carbons (Fsp3) is 0.269. The SMILES string of the molecule is CN(C)Cc1ccc(-c2ccccc2CNC(=O)C2CC2c2ccccc2Cl)cc1. The number of amides is 1. The second-order valence-electron chi connectivity index (χ2n) is 8.28. The van der Waals surface area contributed by atoms with Crippen molar-refractivity contribution in [3.63, 3.8) is 0 Å². The third-order valence-electron chi connectivity index (χ3n) is 5.67. The Hall–Kier alpha value is -2.62. The van der Waals surface area contributed by atoms with Gasteiger partial charge in [-0.3, -0.25) is 4.79 Å². The van der Waals surface area contributed by atoms with E-state index in [9.17, 15) is 4.79 Å². The van der Waals surface area contributed by atoms with E-state index in [0.717, 1.165) is 34.7 Å². The Morgan fingerprint density at radius 3 is 2.43 bits per heavy atom. The van der Waals surface area contributed by atoms with E-state index < -0.39 is 0 Å². The van der Waals surface area contributed by atoms with Gasteiger partial charge in [-0.25, -0.2) is 0 Å². The molecule has 0 bridgehead atoms. The summed E-state index contributed by atoms with van der Waals surface area (Å²) >= 11 is 6.30. The molecule has 154 valence electrons. The van der Waals surface area contributed by atoms with Gasteiger partial charge < -0.3 is 10.2 Å². The lowest BCUT2D eigenvalue weighted by Gasteiger charge is -2.13. The Morgan fingerprint density at radius 1 is 1.00 bits per heavy atom. The average molecular weight is 419 g/mol. The van der Waals surface area contributed by atoms with Crippen LogP contribution in [0.4, 0.5) is 0 Å². The van der Waals surface area contributed by atoms with Crippen LogP contribution in [0, 0.1) is 5.92 Å². The largest absolute Gasteiger partial charge is 0.352 e.